The third-order valence-corrected chi connectivity index (χ3v) is 2.97. The summed E-state index contributed by atoms with van der Waals surface area (Å²) < 4.78 is 5.18. The van der Waals surface area contributed by atoms with Crippen LogP contribution in [0.25, 0.3) is 0 Å². The van der Waals surface area contributed by atoms with E-state index in [0.717, 1.165) is 38.2 Å². The van der Waals surface area contributed by atoms with Crippen molar-refractivity contribution in [1.82, 2.24) is 15.0 Å². The molecule has 2 heterocycles. The summed E-state index contributed by atoms with van der Waals surface area (Å²) in [6.45, 7) is 5.04. The molecule has 0 saturated carbocycles. The Morgan fingerprint density at radius 2 is 2.44 bits per heavy atom. The van der Waals surface area contributed by atoms with E-state index in [0.29, 0.717) is 18.4 Å². The summed E-state index contributed by atoms with van der Waals surface area (Å²) in [6, 6.07) is 0. The van der Waals surface area contributed by atoms with Crippen LogP contribution in [0.4, 0.5) is 0 Å². The summed E-state index contributed by atoms with van der Waals surface area (Å²) >= 11 is 0. The van der Waals surface area contributed by atoms with Crippen molar-refractivity contribution < 1.29 is 9.63 Å². The fourth-order valence-corrected chi connectivity index (χ4v) is 2.08. The van der Waals surface area contributed by atoms with E-state index in [1.165, 1.54) is 0 Å². The molecule has 0 radical (unpaired) electrons. The van der Waals surface area contributed by atoms with Crippen molar-refractivity contribution in [3.05, 3.63) is 11.7 Å². The molecule has 1 aromatic rings. The van der Waals surface area contributed by atoms with E-state index in [4.69, 9.17) is 9.63 Å². The molecule has 5 heteroatoms. The first-order valence-corrected chi connectivity index (χ1v) is 5.96. The van der Waals surface area contributed by atoms with Gasteiger partial charge in [0.15, 0.2) is 5.82 Å². The minimum atomic E-state index is 0.279. The van der Waals surface area contributed by atoms with Gasteiger partial charge in [0.2, 0.25) is 5.89 Å². The number of aromatic nitrogens is 2. The fraction of sp³-hybridized carbons (Fsp3) is 0.818. The maximum Gasteiger partial charge on any atom is 0.240 e. The molecule has 16 heavy (non-hydrogen) atoms. The molecule has 1 saturated heterocycles. The standard InChI is InChI=1S/C11H19N3O2/c1-2-3-10-12-11(16-13-10)7-14-5-4-9(6-14)8-15/h9,15H,2-8H2,1H3. The van der Waals surface area contributed by atoms with Crippen molar-refractivity contribution in [2.45, 2.75) is 32.7 Å². The highest BCUT2D eigenvalue weighted by atomic mass is 16.5. The zero-order valence-corrected chi connectivity index (χ0v) is 9.72. The van der Waals surface area contributed by atoms with Gasteiger partial charge < -0.3 is 9.63 Å². The quantitative estimate of drug-likeness (QED) is 0.804. The van der Waals surface area contributed by atoms with Gasteiger partial charge in [-0.2, -0.15) is 4.98 Å². The summed E-state index contributed by atoms with van der Waals surface area (Å²) in [7, 11) is 0. The molecule has 1 N–H and O–H groups in total. The van der Waals surface area contributed by atoms with E-state index >= 15 is 0 Å². The molecule has 0 aliphatic carbocycles. The van der Waals surface area contributed by atoms with Crippen LogP contribution in [0, 0.1) is 5.92 Å². The molecule has 1 atom stereocenters. The molecule has 0 spiro atoms. The lowest BCUT2D eigenvalue weighted by Crippen LogP contribution is -2.21. The lowest BCUT2D eigenvalue weighted by atomic mass is 10.1. The van der Waals surface area contributed by atoms with Crippen LogP contribution in [0.15, 0.2) is 4.52 Å². The lowest BCUT2D eigenvalue weighted by Gasteiger charge is -2.11. The number of hydrogen-bond donors (Lipinski definition) is 1. The predicted molar refractivity (Wildman–Crippen MR) is 58.8 cm³/mol. The number of likely N-dealkylation sites (tertiary alicyclic amines) is 1. The molecule has 1 unspecified atom stereocenters. The van der Waals surface area contributed by atoms with Gasteiger partial charge in [0.1, 0.15) is 0 Å². The van der Waals surface area contributed by atoms with Crippen molar-refractivity contribution >= 4 is 0 Å². The maximum atomic E-state index is 9.05. The molecule has 1 aliphatic heterocycles. The monoisotopic (exact) mass is 225 g/mol. The van der Waals surface area contributed by atoms with Crippen LogP contribution in [0.5, 0.6) is 0 Å². The molecular weight excluding hydrogens is 206 g/mol. The summed E-state index contributed by atoms with van der Waals surface area (Å²) in [4.78, 5) is 6.59. The molecule has 0 amide bonds. The smallest absolute Gasteiger partial charge is 0.240 e. The van der Waals surface area contributed by atoms with E-state index in [2.05, 4.69) is 22.0 Å². The molecule has 0 aromatic carbocycles. The van der Waals surface area contributed by atoms with Crippen LogP contribution >= 0.6 is 0 Å². The van der Waals surface area contributed by atoms with E-state index in [1.807, 2.05) is 0 Å². The van der Waals surface area contributed by atoms with Gasteiger partial charge in [0.05, 0.1) is 6.54 Å². The van der Waals surface area contributed by atoms with Gasteiger partial charge in [-0.05, 0) is 25.3 Å². The Bertz CT molecular complexity index is 327. The van der Waals surface area contributed by atoms with Gasteiger partial charge in [-0.15, -0.1) is 0 Å². The Balaban J connectivity index is 1.84. The number of rotatable bonds is 5. The highest BCUT2D eigenvalue weighted by molar-refractivity contribution is 4.88. The number of hydrogen-bond acceptors (Lipinski definition) is 5. The summed E-state index contributed by atoms with van der Waals surface area (Å²) in [5.41, 5.74) is 0. The first-order valence-electron chi connectivity index (χ1n) is 5.96. The first kappa shape index (κ1) is 11.5. The van der Waals surface area contributed by atoms with E-state index in [9.17, 15) is 0 Å². The van der Waals surface area contributed by atoms with Crippen molar-refractivity contribution in [2.75, 3.05) is 19.7 Å². The number of nitrogens with zero attached hydrogens (tertiary/aromatic N) is 3. The molecule has 1 fully saturated rings. The second-order valence-corrected chi connectivity index (χ2v) is 4.43. The highest BCUT2D eigenvalue weighted by Gasteiger charge is 2.23. The summed E-state index contributed by atoms with van der Waals surface area (Å²) in [6.07, 6.45) is 2.98. The predicted octanol–water partition coefficient (Wildman–Crippen LogP) is 0.836. The van der Waals surface area contributed by atoms with Gasteiger partial charge in [-0.3, -0.25) is 4.90 Å². The van der Waals surface area contributed by atoms with Gasteiger partial charge in [0.25, 0.3) is 0 Å². The van der Waals surface area contributed by atoms with Gasteiger partial charge in [0, 0.05) is 19.6 Å². The Morgan fingerprint density at radius 1 is 1.56 bits per heavy atom. The third-order valence-electron chi connectivity index (χ3n) is 2.97. The van der Waals surface area contributed by atoms with Crippen LogP contribution in [-0.2, 0) is 13.0 Å². The van der Waals surface area contributed by atoms with Crippen LogP contribution < -0.4 is 0 Å². The van der Waals surface area contributed by atoms with Crippen LogP contribution in [0.3, 0.4) is 0 Å². The number of aliphatic hydroxyl groups excluding tert-OH is 1. The van der Waals surface area contributed by atoms with E-state index < -0.39 is 0 Å². The Kier molecular flexibility index (Phi) is 3.90. The summed E-state index contributed by atoms with van der Waals surface area (Å²) in [5.74, 6) is 1.91. The molecule has 5 nitrogen and oxygen atoms in total. The van der Waals surface area contributed by atoms with Crippen LogP contribution in [-0.4, -0.2) is 39.8 Å². The average Bonchev–Trinajstić information content (AvgIpc) is 2.89. The van der Waals surface area contributed by atoms with E-state index in [-0.39, 0.29) is 6.61 Å². The lowest BCUT2D eigenvalue weighted by molar-refractivity contribution is 0.211. The molecule has 2 rings (SSSR count). The first-order chi connectivity index (χ1) is 7.81. The molecule has 90 valence electrons. The summed E-state index contributed by atoms with van der Waals surface area (Å²) in [5, 5.41) is 13.0. The van der Waals surface area contributed by atoms with E-state index in [1.54, 1.807) is 0 Å². The average molecular weight is 225 g/mol. The van der Waals surface area contributed by atoms with Crippen molar-refractivity contribution in [2.24, 2.45) is 5.92 Å². The third kappa shape index (κ3) is 2.80. The normalized spacial score (nSPS) is 21.8. The molecular formula is C11H19N3O2. The largest absolute Gasteiger partial charge is 0.396 e. The Labute approximate surface area is 95.4 Å². The second kappa shape index (κ2) is 5.41. The van der Waals surface area contributed by atoms with Crippen molar-refractivity contribution in [1.29, 1.82) is 0 Å². The number of aryl methyl sites for hydroxylation is 1. The van der Waals surface area contributed by atoms with Gasteiger partial charge >= 0.3 is 0 Å². The van der Waals surface area contributed by atoms with Crippen molar-refractivity contribution in [3.8, 4) is 0 Å². The van der Waals surface area contributed by atoms with Crippen LogP contribution in [0.2, 0.25) is 0 Å². The highest BCUT2D eigenvalue weighted by Crippen LogP contribution is 2.17. The fourth-order valence-electron chi connectivity index (χ4n) is 2.08. The van der Waals surface area contributed by atoms with Crippen molar-refractivity contribution in [3.63, 3.8) is 0 Å². The Hall–Kier alpha value is -0.940. The molecule has 0 bridgehead atoms. The SMILES string of the molecule is CCCc1noc(CN2CCC(CO)C2)n1. The Morgan fingerprint density at radius 3 is 3.12 bits per heavy atom. The molecule has 1 aliphatic rings. The zero-order chi connectivity index (χ0) is 11.4. The topological polar surface area (TPSA) is 62.4 Å². The minimum Gasteiger partial charge on any atom is -0.396 e. The minimum absolute atomic E-state index is 0.279. The van der Waals surface area contributed by atoms with Gasteiger partial charge in [-0.1, -0.05) is 12.1 Å². The van der Waals surface area contributed by atoms with Crippen LogP contribution in [0.1, 0.15) is 31.5 Å². The zero-order valence-electron chi connectivity index (χ0n) is 9.72. The van der Waals surface area contributed by atoms with Gasteiger partial charge in [-0.25, -0.2) is 0 Å². The molecule has 1 aromatic heterocycles. The maximum absolute atomic E-state index is 9.05. The second-order valence-electron chi connectivity index (χ2n) is 4.43. The number of aliphatic hydroxyl groups is 1.